The quantitative estimate of drug-likeness (QED) is 0.547. The number of hydrogen-bond donors (Lipinski definition) is 1. The molecule has 0 aromatic rings. The maximum Gasteiger partial charge on any atom is 0.0854 e. The third-order valence-corrected chi connectivity index (χ3v) is 1.17. The molecule has 0 bridgehead atoms. The largest absolute Gasteiger partial charge is 0.513 e. The van der Waals surface area contributed by atoms with Crippen LogP contribution in [0.1, 0.15) is 27.2 Å². The summed E-state index contributed by atoms with van der Waals surface area (Å²) in [5, 5.41) is 8.72. The van der Waals surface area contributed by atoms with Crippen molar-refractivity contribution >= 4 is 0 Å². The van der Waals surface area contributed by atoms with Crippen LogP contribution < -0.4 is 0 Å². The fourth-order valence-corrected chi connectivity index (χ4v) is 0.530. The molecule has 1 nitrogen and oxygen atoms in total. The first kappa shape index (κ1) is 7.54. The van der Waals surface area contributed by atoms with Crippen LogP contribution in [0.15, 0.2) is 11.8 Å². The van der Waals surface area contributed by atoms with E-state index in [0.29, 0.717) is 11.7 Å². The van der Waals surface area contributed by atoms with Gasteiger partial charge in [0, 0.05) is 0 Å². The van der Waals surface area contributed by atoms with Crippen molar-refractivity contribution in [3.63, 3.8) is 0 Å². The Morgan fingerprint density at radius 2 is 2.25 bits per heavy atom. The normalized spacial score (nSPS) is 16.1. The molecule has 48 valence electrons. The lowest BCUT2D eigenvalue weighted by Crippen LogP contribution is -1.86. The average molecular weight is 114 g/mol. The molecule has 0 rings (SSSR count). The molecule has 8 heavy (non-hydrogen) atoms. The highest BCUT2D eigenvalue weighted by Crippen LogP contribution is 2.03. The predicted molar refractivity (Wildman–Crippen MR) is 35.8 cm³/mol. The van der Waals surface area contributed by atoms with Gasteiger partial charge in [0.15, 0.2) is 0 Å². The molecular formula is C7H14O. The van der Waals surface area contributed by atoms with Crippen LogP contribution >= 0.6 is 0 Å². The monoisotopic (exact) mass is 114 g/mol. The maximum absolute atomic E-state index is 8.72. The number of hydrogen-bond acceptors (Lipinski definition) is 1. The van der Waals surface area contributed by atoms with Gasteiger partial charge in [-0.2, -0.15) is 0 Å². The fourth-order valence-electron chi connectivity index (χ4n) is 0.530. The van der Waals surface area contributed by atoms with E-state index in [1.165, 1.54) is 0 Å². The van der Waals surface area contributed by atoms with E-state index < -0.39 is 0 Å². The van der Waals surface area contributed by atoms with Gasteiger partial charge >= 0.3 is 0 Å². The Morgan fingerprint density at radius 3 is 2.38 bits per heavy atom. The van der Waals surface area contributed by atoms with Crippen LogP contribution in [0.2, 0.25) is 0 Å². The van der Waals surface area contributed by atoms with Gasteiger partial charge in [0.05, 0.1) is 5.76 Å². The van der Waals surface area contributed by atoms with Crippen molar-refractivity contribution < 1.29 is 5.11 Å². The summed E-state index contributed by atoms with van der Waals surface area (Å²) in [6.07, 6.45) is 2.96. The summed E-state index contributed by atoms with van der Waals surface area (Å²) in [4.78, 5) is 0. The van der Waals surface area contributed by atoms with Crippen molar-refractivity contribution in [2.45, 2.75) is 27.2 Å². The molecule has 0 heterocycles. The Balaban J connectivity index is 3.51. The van der Waals surface area contributed by atoms with Gasteiger partial charge < -0.3 is 5.11 Å². The Hall–Kier alpha value is -0.460. The standard InChI is InChI=1S/C7H14O/c1-4-6(2)5-7(3)8/h5-6,8H,4H2,1-3H3/b7-5+. The van der Waals surface area contributed by atoms with Crippen molar-refractivity contribution in [2.75, 3.05) is 0 Å². The number of allylic oxidation sites excluding steroid dienone is 2. The second kappa shape index (κ2) is 3.53. The van der Waals surface area contributed by atoms with E-state index in [-0.39, 0.29) is 0 Å². The van der Waals surface area contributed by atoms with Crippen molar-refractivity contribution in [1.82, 2.24) is 0 Å². The minimum Gasteiger partial charge on any atom is -0.513 e. The van der Waals surface area contributed by atoms with E-state index in [0.717, 1.165) is 6.42 Å². The zero-order valence-electron chi connectivity index (χ0n) is 5.81. The van der Waals surface area contributed by atoms with Crippen molar-refractivity contribution in [3.05, 3.63) is 11.8 Å². The van der Waals surface area contributed by atoms with Gasteiger partial charge in [0.2, 0.25) is 0 Å². The van der Waals surface area contributed by atoms with Crippen molar-refractivity contribution in [2.24, 2.45) is 5.92 Å². The van der Waals surface area contributed by atoms with Gasteiger partial charge in [-0.05, 0) is 25.3 Å². The lowest BCUT2D eigenvalue weighted by Gasteiger charge is -1.98. The lowest BCUT2D eigenvalue weighted by molar-refractivity contribution is 0.405. The molecule has 1 unspecified atom stereocenters. The Labute approximate surface area is 51.0 Å². The molecule has 1 N–H and O–H groups in total. The highest BCUT2D eigenvalue weighted by Gasteiger charge is 1.91. The second-order valence-corrected chi connectivity index (χ2v) is 2.19. The van der Waals surface area contributed by atoms with Gasteiger partial charge in [-0.1, -0.05) is 13.8 Å². The first-order chi connectivity index (χ1) is 3.66. The average Bonchev–Trinajstić information content (AvgIpc) is 1.65. The summed E-state index contributed by atoms with van der Waals surface area (Å²) >= 11 is 0. The third kappa shape index (κ3) is 3.72. The van der Waals surface area contributed by atoms with Gasteiger partial charge in [-0.25, -0.2) is 0 Å². The minimum atomic E-state index is 0.430. The molecular weight excluding hydrogens is 100 g/mol. The lowest BCUT2D eigenvalue weighted by atomic mass is 10.1. The SMILES string of the molecule is CCC(C)/C=C(\C)O. The molecule has 0 radical (unpaired) electrons. The second-order valence-electron chi connectivity index (χ2n) is 2.19. The molecule has 0 aliphatic carbocycles. The van der Waals surface area contributed by atoms with E-state index in [1.54, 1.807) is 6.92 Å². The number of rotatable bonds is 2. The van der Waals surface area contributed by atoms with Crippen LogP contribution in [-0.4, -0.2) is 5.11 Å². The molecule has 0 aromatic heterocycles. The van der Waals surface area contributed by atoms with E-state index in [1.807, 2.05) is 6.08 Å². The smallest absolute Gasteiger partial charge is 0.0854 e. The van der Waals surface area contributed by atoms with E-state index in [9.17, 15) is 0 Å². The molecule has 0 spiro atoms. The summed E-state index contributed by atoms with van der Waals surface area (Å²) in [6.45, 7) is 5.88. The van der Waals surface area contributed by atoms with Crippen molar-refractivity contribution in [1.29, 1.82) is 0 Å². The van der Waals surface area contributed by atoms with E-state index in [4.69, 9.17) is 5.11 Å². The van der Waals surface area contributed by atoms with Crippen LogP contribution in [0.5, 0.6) is 0 Å². The Morgan fingerprint density at radius 1 is 1.75 bits per heavy atom. The Kier molecular flexibility index (Phi) is 3.33. The van der Waals surface area contributed by atoms with Crippen LogP contribution in [0, 0.1) is 5.92 Å². The highest BCUT2D eigenvalue weighted by molar-refractivity contribution is 4.89. The van der Waals surface area contributed by atoms with Gasteiger partial charge in [0.1, 0.15) is 0 Å². The molecule has 0 saturated carbocycles. The van der Waals surface area contributed by atoms with E-state index >= 15 is 0 Å². The van der Waals surface area contributed by atoms with Crippen LogP contribution in [0.25, 0.3) is 0 Å². The third-order valence-electron chi connectivity index (χ3n) is 1.17. The first-order valence-corrected chi connectivity index (χ1v) is 3.04. The summed E-state index contributed by atoms with van der Waals surface area (Å²) in [5.41, 5.74) is 0. The molecule has 0 fully saturated rings. The Bertz CT molecular complexity index is 80.4. The van der Waals surface area contributed by atoms with Gasteiger partial charge in [0.25, 0.3) is 0 Å². The number of aliphatic hydroxyl groups is 1. The predicted octanol–water partition coefficient (Wildman–Crippen LogP) is 2.49. The maximum atomic E-state index is 8.72. The van der Waals surface area contributed by atoms with Crippen LogP contribution in [0.3, 0.4) is 0 Å². The fraction of sp³-hybridized carbons (Fsp3) is 0.714. The zero-order valence-corrected chi connectivity index (χ0v) is 5.81. The molecule has 1 atom stereocenters. The minimum absolute atomic E-state index is 0.430. The highest BCUT2D eigenvalue weighted by atomic mass is 16.3. The molecule has 0 amide bonds. The molecule has 1 heteroatoms. The summed E-state index contributed by atoms with van der Waals surface area (Å²) < 4.78 is 0. The van der Waals surface area contributed by atoms with Gasteiger partial charge in [-0.15, -0.1) is 0 Å². The van der Waals surface area contributed by atoms with Crippen LogP contribution in [0.4, 0.5) is 0 Å². The molecule has 0 saturated heterocycles. The number of aliphatic hydroxyl groups excluding tert-OH is 1. The zero-order chi connectivity index (χ0) is 6.57. The van der Waals surface area contributed by atoms with Crippen LogP contribution in [-0.2, 0) is 0 Å². The van der Waals surface area contributed by atoms with E-state index in [2.05, 4.69) is 13.8 Å². The van der Waals surface area contributed by atoms with Gasteiger partial charge in [-0.3, -0.25) is 0 Å². The topological polar surface area (TPSA) is 20.2 Å². The summed E-state index contributed by atoms with van der Waals surface area (Å²) in [5.74, 6) is 0.944. The summed E-state index contributed by atoms with van der Waals surface area (Å²) in [6, 6.07) is 0. The summed E-state index contributed by atoms with van der Waals surface area (Å²) in [7, 11) is 0. The first-order valence-electron chi connectivity index (χ1n) is 3.04. The molecule has 0 aliphatic rings. The molecule has 0 aromatic carbocycles. The van der Waals surface area contributed by atoms with Crippen molar-refractivity contribution in [3.8, 4) is 0 Å². The molecule has 0 aliphatic heterocycles.